The van der Waals surface area contributed by atoms with Crippen LogP contribution in [0.4, 0.5) is 0 Å². The molecule has 1 N–H and O–H groups in total. The van der Waals surface area contributed by atoms with Crippen molar-refractivity contribution in [3.63, 3.8) is 0 Å². The van der Waals surface area contributed by atoms with Crippen LogP contribution in [0.5, 0.6) is 0 Å². The van der Waals surface area contributed by atoms with Crippen molar-refractivity contribution in [2.45, 2.75) is 6.42 Å². The maximum atomic E-state index is 11.6. The maximum Gasteiger partial charge on any atom is 0.271 e. The largest absolute Gasteiger partial charge is 0.350 e. The molecule has 2 aromatic rings. The summed E-state index contributed by atoms with van der Waals surface area (Å²) in [5.74, 6) is -0.281. The van der Waals surface area contributed by atoms with E-state index in [-0.39, 0.29) is 16.8 Å². The summed E-state index contributed by atoms with van der Waals surface area (Å²) in [6.45, 7) is 0.514. The fraction of sp³-hybridized carbons (Fsp3) is 0.200. The SMILES string of the molecule is O=C(NCCc1nccs1)c1cncc(Cl)n1. The standard InChI is InChI=1S/C10H9ClN4OS/c11-8-6-12-5-7(15-8)10(16)14-2-1-9-13-3-4-17-9/h3-6H,1-2H2,(H,14,16). The number of carbonyl (C=O) groups is 1. The first-order valence-corrected chi connectivity index (χ1v) is 6.15. The lowest BCUT2D eigenvalue weighted by atomic mass is 10.4. The minimum Gasteiger partial charge on any atom is -0.350 e. The molecule has 0 aliphatic rings. The Morgan fingerprint density at radius 2 is 2.35 bits per heavy atom. The third-order valence-corrected chi connectivity index (χ3v) is 2.97. The van der Waals surface area contributed by atoms with Crippen molar-refractivity contribution in [3.05, 3.63) is 39.8 Å². The summed E-state index contributed by atoms with van der Waals surface area (Å²) in [6, 6.07) is 0. The van der Waals surface area contributed by atoms with E-state index in [0.717, 1.165) is 5.01 Å². The number of amides is 1. The highest BCUT2D eigenvalue weighted by Gasteiger charge is 2.07. The molecule has 0 radical (unpaired) electrons. The van der Waals surface area contributed by atoms with Crippen LogP contribution in [-0.4, -0.2) is 27.4 Å². The van der Waals surface area contributed by atoms with E-state index in [2.05, 4.69) is 20.3 Å². The number of rotatable bonds is 4. The predicted octanol–water partition coefficient (Wildman–Crippen LogP) is 1.56. The summed E-state index contributed by atoms with van der Waals surface area (Å²) in [4.78, 5) is 23.4. The Morgan fingerprint density at radius 3 is 3.06 bits per heavy atom. The predicted molar refractivity (Wildman–Crippen MR) is 65.2 cm³/mol. The normalized spacial score (nSPS) is 10.2. The Labute approximate surface area is 107 Å². The van der Waals surface area contributed by atoms with E-state index >= 15 is 0 Å². The van der Waals surface area contributed by atoms with E-state index in [1.807, 2.05) is 5.38 Å². The van der Waals surface area contributed by atoms with Crippen molar-refractivity contribution < 1.29 is 4.79 Å². The first kappa shape index (κ1) is 11.9. The summed E-state index contributed by atoms with van der Waals surface area (Å²) in [7, 11) is 0. The summed E-state index contributed by atoms with van der Waals surface area (Å²) >= 11 is 7.20. The molecule has 1 amide bonds. The van der Waals surface area contributed by atoms with Gasteiger partial charge in [0.25, 0.3) is 5.91 Å². The average Bonchev–Trinajstić information content (AvgIpc) is 2.82. The second kappa shape index (κ2) is 5.70. The lowest BCUT2D eigenvalue weighted by Crippen LogP contribution is -2.26. The smallest absolute Gasteiger partial charge is 0.271 e. The molecule has 7 heteroatoms. The molecule has 88 valence electrons. The van der Waals surface area contributed by atoms with Gasteiger partial charge >= 0.3 is 0 Å². The fourth-order valence-corrected chi connectivity index (χ4v) is 1.97. The Hall–Kier alpha value is -1.53. The minimum atomic E-state index is -0.281. The lowest BCUT2D eigenvalue weighted by molar-refractivity contribution is 0.0949. The van der Waals surface area contributed by atoms with Crippen LogP contribution in [-0.2, 0) is 6.42 Å². The molecule has 2 rings (SSSR count). The van der Waals surface area contributed by atoms with Crippen molar-refractivity contribution >= 4 is 28.8 Å². The number of aromatic nitrogens is 3. The number of halogens is 1. The molecule has 2 aromatic heterocycles. The third-order valence-electron chi connectivity index (χ3n) is 1.95. The van der Waals surface area contributed by atoms with Crippen molar-refractivity contribution in [1.29, 1.82) is 0 Å². The van der Waals surface area contributed by atoms with Gasteiger partial charge in [-0.05, 0) is 0 Å². The van der Waals surface area contributed by atoms with Crippen LogP contribution in [0.25, 0.3) is 0 Å². The second-order valence-corrected chi connectivity index (χ2v) is 4.53. The zero-order valence-electron chi connectivity index (χ0n) is 8.76. The summed E-state index contributed by atoms with van der Waals surface area (Å²) in [5, 5.41) is 5.83. The molecule has 0 fully saturated rings. The zero-order chi connectivity index (χ0) is 12.1. The molecule has 2 heterocycles. The van der Waals surface area contributed by atoms with Crippen molar-refractivity contribution in [2.24, 2.45) is 0 Å². The van der Waals surface area contributed by atoms with Crippen molar-refractivity contribution in [2.75, 3.05) is 6.54 Å². The quantitative estimate of drug-likeness (QED) is 0.914. The Kier molecular flexibility index (Phi) is 4.00. The monoisotopic (exact) mass is 268 g/mol. The summed E-state index contributed by atoms with van der Waals surface area (Å²) in [5.41, 5.74) is 0.219. The van der Waals surface area contributed by atoms with Gasteiger partial charge in [0.05, 0.1) is 17.4 Å². The van der Waals surface area contributed by atoms with Gasteiger partial charge in [-0.15, -0.1) is 11.3 Å². The Bertz CT molecular complexity index is 503. The van der Waals surface area contributed by atoms with E-state index in [0.29, 0.717) is 13.0 Å². The molecule has 0 saturated heterocycles. The van der Waals surface area contributed by atoms with Gasteiger partial charge in [0.2, 0.25) is 0 Å². The first-order valence-electron chi connectivity index (χ1n) is 4.90. The molecule has 0 unspecified atom stereocenters. The second-order valence-electron chi connectivity index (χ2n) is 3.16. The molecule has 0 spiro atoms. The van der Waals surface area contributed by atoms with Gasteiger partial charge < -0.3 is 5.32 Å². The van der Waals surface area contributed by atoms with E-state index in [9.17, 15) is 4.79 Å². The average molecular weight is 269 g/mol. The van der Waals surface area contributed by atoms with Gasteiger partial charge in [0.15, 0.2) is 0 Å². The van der Waals surface area contributed by atoms with Crippen LogP contribution in [0.1, 0.15) is 15.5 Å². The molecule has 17 heavy (non-hydrogen) atoms. The first-order chi connectivity index (χ1) is 8.25. The van der Waals surface area contributed by atoms with Crippen LogP contribution < -0.4 is 5.32 Å². The number of hydrogen-bond acceptors (Lipinski definition) is 5. The Morgan fingerprint density at radius 1 is 1.47 bits per heavy atom. The highest BCUT2D eigenvalue weighted by molar-refractivity contribution is 7.09. The van der Waals surface area contributed by atoms with E-state index < -0.39 is 0 Å². The van der Waals surface area contributed by atoms with Crippen LogP contribution in [0.3, 0.4) is 0 Å². The molecule has 0 aliphatic heterocycles. The van der Waals surface area contributed by atoms with E-state index in [4.69, 9.17) is 11.6 Å². The molecular weight excluding hydrogens is 260 g/mol. The third kappa shape index (κ3) is 3.47. The maximum absolute atomic E-state index is 11.6. The van der Waals surface area contributed by atoms with Gasteiger partial charge in [0.1, 0.15) is 10.8 Å². The molecule has 0 atom stereocenters. The number of nitrogens with one attached hydrogen (secondary N) is 1. The molecule has 0 saturated carbocycles. The van der Waals surface area contributed by atoms with Crippen LogP contribution in [0.2, 0.25) is 5.15 Å². The van der Waals surface area contributed by atoms with Crippen LogP contribution in [0.15, 0.2) is 24.0 Å². The lowest BCUT2D eigenvalue weighted by Gasteiger charge is -2.02. The van der Waals surface area contributed by atoms with Crippen LogP contribution >= 0.6 is 22.9 Å². The van der Waals surface area contributed by atoms with Gasteiger partial charge in [-0.2, -0.15) is 0 Å². The minimum absolute atomic E-state index is 0.206. The fourth-order valence-electron chi connectivity index (χ4n) is 1.20. The Balaban J connectivity index is 1.85. The van der Waals surface area contributed by atoms with Gasteiger partial charge in [-0.1, -0.05) is 11.6 Å². The molecular formula is C10H9ClN4OS. The molecule has 0 aliphatic carbocycles. The molecule has 5 nitrogen and oxygen atoms in total. The number of thiazole rings is 1. The molecule has 0 aromatic carbocycles. The number of carbonyl (C=O) groups excluding carboxylic acids is 1. The number of hydrogen-bond donors (Lipinski definition) is 1. The van der Waals surface area contributed by atoms with Crippen LogP contribution in [0, 0.1) is 0 Å². The van der Waals surface area contributed by atoms with Gasteiger partial charge in [-0.25, -0.2) is 9.97 Å². The number of nitrogens with zero attached hydrogens (tertiary/aromatic N) is 3. The van der Waals surface area contributed by atoms with Gasteiger partial charge in [-0.3, -0.25) is 9.78 Å². The van der Waals surface area contributed by atoms with E-state index in [1.54, 1.807) is 17.5 Å². The van der Waals surface area contributed by atoms with Gasteiger partial charge in [0, 0.05) is 24.5 Å². The highest BCUT2D eigenvalue weighted by Crippen LogP contribution is 2.04. The zero-order valence-corrected chi connectivity index (χ0v) is 10.3. The van der Waals surface area contributed by atoms with Crippen molar-refractivity contribution in [3.8, 4) is 0 Å². The highest BCUT2D eigenvalue weighted by atomic mass is 35.5. The summed E-state index contributed by atoms with van der Waals surface area (Å²) < 4.78 is 0. The van der Waals surface area contributed by atoms with Crippen molar-refractivity contribution in [1.82, 2.24) is 20.3 Å². The summed E-state index contributed by atoms with van der Waals surface area (Å²) in [6.07, 6.45) is 5.21. The van der Waals surface area contributed by atoms with E-state index in [1.165, 1.54) is 12.4 Å². The topological polar surface area (TPSA) is 67.8 Å². The molecule has 0 bridgehead atoms.